The maximum atomic E-state index is 8.74. The van der Waals surface area contributed by atoms with Gasteiger partial charge in [-0.1, -0.05) is 24.3 Å². The van der Waals surface area contributed by atoms with E-state index in [1.807, 2.05) is 6.20 Å². The first kappa shape index (κ1) is 10.9. The molecule has 0 aliphatic carbocycles. The molecule has 0 spiro atoms. The number of H-pyrrole nitrogens is 1. The Morgan fingerprint density at radius 1 is 1.12 bits per heavy atom. The first-order chi connectivity index (χ1) is 7.88. The molecule has 0 saturated heterocycles. The highest BCUT2D eigenvalue weighted by Crippen LogP contribution is 2.09. The second-order valence-electron chi connectivity index (χ2n) is 3.86. The van der Waals surface area contributed by atoms with Crippen LogP contribution in [0.25, 0.3) is 0 Å². The van der Waals surface area contributed by atoms with Crippen molar-refractivity contribution < 1.29 is 5.11 Å². The van der Waals surface area contributed by atoms with Gasteiger partial charge in [-0.15, -0.1) is 0 Å². The standard InChI is InChI=1S/C13H16N2O/c16-9-1-2-11-3-5-12(6-4-11)10-13-14-7-8-15-13/h3-8,16H,1-2,9-10H2,(H,14,15). The van der Waals surface area contributed by atoms with Crippen LogP contribution in [0, 0.1) is 0 Å². The molecule has 1 aromatic carbocycles. The summed E-state index contributed by atoms with van der Waals surface area (Å²) in [7, 11) is 0. The summed E-state index contributed by atoms with van der Waals surface area (Å²) >= 11 is 0. The summed E-state index contributed by atoms with van der Waals surface area (Å²) in [5.74, 6) is 0.989. The zero-order valence-electron chi connectivity index (χ0n) is 9.19. The average molecular weight is 216 g/mol. The van der Waals surface area contributed by atoms with Crippen molar-refractivity contribution in [1.82, 2.24) is 9.97 Å². The Hall–Kier alpha value is -1.61. The van der Waals surface area contributed by atoms with Crippen molar-refractivity contribution >= 4 is 0 Å². The van der Waals surface area contributed by atoms with Crippen LogP contribution in [-0.2, 0) is 12.8 Å². The van der Waals surface area contributed by atoms with Gasteiger partial charge in [-0.2, -0.15) is 0 Å². The number of imidazole rings is 1. The summed E-state index contributed by atoms with van der Waals surface area (Å²) in [5.41, 5.74) is 2.53. The highest BCUT2D eigenvalue weighted by Gasteiger charge is 1.98. The number of aliphatic hydroxyl groups excluding tert-OH is 1. The van der Waals surface area contributed by atoms with E-state index in [2.05, 4.69) is 34.2 Å². The molecule has 0 radical (unpaired) electrons. The molecule has 0 unspecified atom stereocenters. The van der Waals surface area contributed by atoms with Gasteiger partial charge in [0.1, 0.15) is 5.82 Å². The Balaban J connectivity index is 1.96. The number of rotatable bonds is 5. The number of nitrogens with zero attached hydrogens (tertiary/aromatic N) is 1. The normalized spacial score (nSPS) is 10.6. The Labute approximate surface area is 95.2 Å². The number of aryl methyl sites for hydroxylation is 1. The van der Waals surface area contributed by atoms with Crippen molar-refractivity contribution in [3.63, 3.8) is 0 Å². The molecular formula is C13H16N2O. The minimum absolute atomic E-state index is 0.258. The van der Waals surface area contributed by atoms with Crippen molar-refractivity contribution in [3.05, 3.63) is 53.6 Å². The van der Waals surface area contributed by atoms with Crippen LogP contribution in [0.5, 0.6) is 0 Å². The molecule has 3 nitrogen and oxygen atoms in total. The van der Waals surface area contributed by atoms with E-state index in [1.54, 1.807) is 6.20 Å². The van der Waals surface area contributed by atoms with E-state index in [0.29, 0.717) is 0 Å². The lowest BCUT2D eigenvalue weighted by Gasteiger charge is -2.02. The lowest BCUT2D eigenvalue weighted by atomic mass is 10.1. The molecule has 3 heteroatoms. The quantitative estimate of drug-likeness (QED) is 0.802. The zero-order valence-corrected chi connectivity index (χ0v) is 9.19. The fourth-order valence-corrected chi connectivity index (χ4v) is 1.69. The number of hydrogen-bond donors (Lipinski definition) is 2. The molecule has 0 aliphatic heterocycles. The lowest BCUT2D eigenvalue weighted by molar-refractivity contribution is 0.288. The maximum absolute atomic E-state index is 8.74. The summed E-state index contributed by atoms with van der Waals surface area (Å²) in [5, 5.41) is 8.74. The van der Waals surface area contributed by atoms with Gasteiger partial charge in [0.15, 0.2) is 0 Å². The molecule has 0 aliphatic rings. The van der Waals surface area contributed by atoms with Crippen LogP contribution in [-0.4, -0.2) is 21.7 Å². The molecule has 1 heterocycles. The first-order valence-corrected chi connectivity index (χ1v) is 5.55. The van der Waals surface area contributed by atoms with Crippen molar-refractivity contribution in [1.29, 1.82) is 0 Å². The Bertz CT molecular complexity index is 406. The Morgan fingerprint density at radius 3 is 2.50 bits per heavy atom. The van der Waals surface area contributed by atoms with Crippen LogP contribution < -0.4 is 0 Å². The number of aromatic amines is 1. The van der Waals surface area contributed by atoms with E-state index in [0.717, 1.165) is 25.1 Å². The van der Waals surface area contributed by atoms with Crippen LogP contribution in [0.1, 0.15) is 23.4 Å². The van der Waals surface area contributed by atoms with E-state index in [1.165, 1.54) is 11.1 Å². The molecule has 84 valence electrons. The summed E-state index contributed by atoms with van der Waals surface area (Å²) in [6.07, 6.45) is 6.22. The Morgan fingerprint density at radius 2 is 1.88 bits per heavy atom. The Kier molecular flexibility index (Phi) is 3.72. The van der Waals surface area contributed by atoms with Crippen LogP contribution in [0.2, 0.25) is 0 Å². The van der Waals surface area contributed by atoms with Gasteiger partial charge in [0.05, 0.1) is 0 Å². The minimum atomic E-state index is 0.258. The third-order valence-electron chi connectivity index (χ3n) is 2.57. The second kappa shape index (κ2) is 5.47. The van der Waals surface area contributed by atoms with Crippen molar-refractivity contribution in [3.8, 4) is 0 Å². The van der Waals surface area contributed by atoms with Crippen LogP contribution in [0.3, 0.4) is 0 Å². The summed E-state index contributed by atoms with van der Waals surface area (Å²) in [6, 6.07) is 8.48. The topological polar surface area (TPSA) is 48.9 Å². The maximum Gasteiger partial charge on any atom is 0.110 e. The van der Waals surface area contributed by atoms with Gasteiger partial charge < -0.3 is 10.1 Å². The van der Waals surface area contributed by atoms with Crippen molar-refractivity contribution in [2.45, 2.75) is 19.3 Å². The van der Waals surface area contributed by atoms with Gasteiger partial charge in [0, 0.05) is 25.4 Å². The molecule has 0 bridgehead atoms. The van der Waals surface area contributed by atoms with Gasteiger partial charge in [0.2, 0.25) is 0 Å². The third kappa shape index (κ3) is 2.94. The predicted octanol–water partition coefficient (Wildman–Crippen LogP) is 1.93. The summed E-state index contributed by atoms with van der Waals surface area (Å²) in [4.78, 5) is 7.29. The predicted molar refractivity (Wildman–Crippen MR) is 63.2 cm³/mol. The number of aliphatic hydroxyl groups is 1. The lowest BCUT2D eigenvalue weighted by Crippen LogP contribution is -1.93. The highest BCUT2D eigenvalue weighted by molar-refractivity contribution is 5.24. The van der Waals surface area contributed by atoms with E-state index >= 15 is 0 Å². The molecule has 0 fully saturated rings. The van der Waals surface area contributed by atoms with Gasteiger partial charge in [0.25, 0.3) is 0 Å². The van der Waals surface area contributed by atoms with Gasteiger partial charge in [-0.25, -0.2) is 4.98 Å². The third-order valence-corrected chi connectivity index (χ3v) is 2.57. The molecule has 2 aromatic rings. The molecule has 0 saturated carbocycles. The second-order valence-corrected chi connectivity index (χ2v) is 3.86. The fourth-order valence-electron chi connectivity index (χ4n) is 1.69. The zero-order chi connectivity index (χ0) is 11.2. The van der Waals surface area contributed by atoms with Gasteiger partial charge >= 0.3 is 0 Å². The fraction of sp³-hybridized carbons (Fsp3) is 0.308. The number of hydrogen-bond acceptors (Lipinski definition) is 2. The molecule has 2 rings (SSSR count). The van der Waals surface area contributed by atoms with Gasteiger partial charge in [-0.05, 0) is 24.0 Å². The SMILES string of the molecule is OCCCc1ccc(Cc2ncc[nH]2)cc1. The molecule has 2 N–H and O–H groups in total. The first-order valence-electron chi connectivity index (χ1n) is 5.55. The van der Waals surface area contributed by atoms with Crippen molar-refractivity contribution in [2.75, 3.05) is 6.61 Å². The van der Waals surface area contributed by atoms with Gasteiger partial charge in [-0.3, -0.25) is 0 Å². The molecule has 0 atom stereocenters. The largest absolute Gasteiger partial charge is 0.396 e. The van der Waals surface area contributed by atoms with E-state index in [9.17, 15) is 0 Å². The van der Waals surface area contributed by atoms with E-state index in [4.69, 9.17) is 5.11 Å². The summed E-state index contributed by atoms with van der Waals surface area (Å²) < 4.78 is 0. The van der Waals surface area contributed by atoms with E-state index < -0.39 is 0 Å². The minimum Gasteiger partial charge on any atom is -0.396 e. The van der Waals surface area contributed by atoms with Crippen LogP contribution in [0.4, 0.5) is 0 Å². The average Bonchev–Trinajstić information content (AvgIpc) is 2.81. The number of benzene rings is 1. The molecule has 1 aromatic heterocycles. The van der Waals surface area contributed by atoms with Crippen LogP contribution >= 0.6 is 0 Å². The monoisotopic (exact) mass is 216 g/mol. The van der Waals surface area contributed by atoms with Crippen LogP contribution in [0.15, 0.2) is 36.7 Å². The van der Waals surface area contributed by atoms with Crippen molar-refractivity contribution in [2.24, 2.45) is 0 Å². The number of aromatic nitrogens is 2. The highest BCUT2D eigenvalue weighted by atomic mass is 16.2. The van der Waals surface area contributed by atoms with E-state index in [-0.39, 0.29) is 6.61 Å². The molecule has 0 amide bonds. The molecular weight excluding hydrogens is 200 g/mol. The number of nitrogens with one attached hydrogen (secondary N) is 1. The summed E-state index contributed by atoms with van der Waals surface area (Å²) in [6.45, 7) is 0.258. The smallest absolute Gasteiger partial charge is 0.110 e. The molecule has 16 heavy (non-hydrogen) atoms.